The summed E-state index contributed by atoms with van der Waals surface area (Å²) in [6.07, 6.45) is 1.53. The number of hydrogen-bond acceptors (Lipinski definition) is 5. The number of halogens is 2. The molecule has 0 saturated heterocycles. The van der Waals surface area contributed by atoms with Crippen LogP contribution >= 0.6 is 23.2 Å². The molecule has 2 aromatic carbocycles. The normalized spacial score (nSPS) is 13.5. The second-order valence-corrected chi connectivity index (χ2v) is 9.71. The molecule has 0 spiro atoms. The highest BCUT2D eigenvalue weighted by Crippen LogP contribution is 2.31. The van der Waals surface area contributed by atoms with Crippen LogP contribution in [0.1, 0.15) is 23.2 Å². The maximum absolute atomic E-state index is 12.7. The first-order valence-electron chi connectivity index (χ1n) is 9.32. The summed E-state index contributed by atoms with van der Waals surface area (Å²) in [4.78, 5) is 25.5. The largest absolute Gasteiger partial charge is 0.484 e. The van der Waals surface area contributed by atoms with Crippen molar-refractivity contribution in [3.63, 3.8) is 0 Å². The summed E-state index contributed by atoms with van der Waals surface area (Å²) >= 11 is 12.2. The van der Waals surface area contributed by atoms with Gasteiger partial charge in [0.2, 0.25) is 10.0 Å². The first-order valence-corrected chi connectivity index (χ1v) is 11.6. The molecule has 1 aliphatic carbocycles. The first-order chi connectivity index (χ1) is 14.6. The van der Waals surface area contributed by atoms with E-state index < -0.39 is 15.9 Å². The van der Waals surface area contributed by atoms with Crippen LogP contribution in [0.15, 0.2) is 41.3 Å². The molecular weight excluding hydrogens is 465 g/mol. The lowest BCUT2D eigenvalue weighted by molar-refractivity contribution is -0.130. The molecule has 8 nitrogen and oxygen atoms in total. The number of carbonyl (C=O) groups is 2. The topological polar surface area (TPSA) is 105 Å². The van der Waals surface area contributed by atoms with Crippen LogP contribution in [-0.4, -0.2) is 51.9 Å². The van der Waals surface area contributed by atoms with Gasteiger partial charge >= 0.3 is 0 Å². The number of likely N-dealkylation sites (N-methyl/N-ethyl adjacent to an activating group) is 1. The van der Waals surface area contributed by atoms with Crippen LogP contribution in [-0.2, 0) is 14.8 Å². The molecule has 0 atom stereocenters. The zero-order chi connectivity index (χ0) is 22.8. The van der Waals surface area contributed by atoms with E-state index in [4.69, 9.17) is 27.9 Å². The Kier molecular flexibility index (Phi) is 7.10. The Morgan fingerprint density at radius 2 is 1.74 bits per heavy atom. The van der Waals surface area contributed by atoms with Gasteiger partial charge in [0.05, 0.1) is 15.6 Å². The predicted octanol–water partition coefficient (Wildman–Crippen LogP) is 3.15. The van der Waals surface area contributed by atoms with Gasteiger partial charge in [-0.25, -0.2) is 13.1 Å². The fraction of sp³-hybridized carbons (Fsp3) is 0.300. The van der Waals surface area contributed by atoms with Gasteiger partial charge < -0.3 is 15.0 Å². The van der Waals surface area contributed by atoms with Crippen LogP contribution in [0.5, 0.6) is 5.75 Å². The van der Waals surface area contributed by atoms with Gasteiger partial charge in [-0.2, -0.15) is 0 Å². The molecule has 2 N–H and O–H groups in total. The minimum Gasteiger partial charge on any atom is -0.484 e. The van der Waals surface area contributed by atoms with Crippen molar-refractivity contribution in [3.8, 4) is 5.75 Å². The van der Waals surface area contributed by atoms with E-state index in [1.54, 1.807) is 38.4 Å². The summed E-state index contributed by atoms with van der Waals surface area (Å²) in [6, 6.07) is 8.65. The fourth-order valence-corrected chi connectivity index (χ4v) is 4.66. The van der Waals surface area contributed by atoms with E-state index in [0.717, 1.165) is 18.9 Å². The smallest absolute Gasteiger partial charge is 0.259 e. The number of amides is 2. The summed E-state index contributed by atoms with van der Waals surface area (Å²) in [5, 5.41) is 2.61. The van der Waals surface area contributed by atoms with Gasteiger partial charge in [0, 0.05) is 25.8 Å². The highest BCUT2D eigenvalue weighted by Gasteiger charge is 2.30. The summed E-state index contributed by atoms with van der Waals surface area (Å²) in [5.41, 5.74) is 0.405. The van der Waals surface area contributed by atoms with Crippen molar-refractivity contribution in [2.45, 2.75) is 23.8 Å². The average molecular weight is 486 g/mol. The van der Waals surface area contributed by atoms with Gasteiger partial charge in [-0.3, -0.25) is 9.59 Å². The lowest BCUT2D eigenvalue weighted by Crippen LogP contribution is -2.27. The maximum atomic E-state index is 12.7. The summed E-state index contributed by atoms with van der Waals surface area (Å²) in [6.45, 7) is -0.106. The maximum Gasteiger partial charge on any atom is 0.259 e. The molecule has 0 heterocycles. The predicted molar refractivity (Wildman–Crippen MR) is 118 cm³/mol. The van der Waals surface area contributed by atoms with Crippen LogP contribution in [0, 0.1) is 0 Å². The molecule has 166 valence electrons. The molecule has 1 fully saturated rings. The lowest BCUT2D eigenvalue weighted by atomic mass is 10.2. The van der Waals surface area contributed by atoms with Crippen LogP contribution in [0.25, 0.3) is 0 Å². The third-order valence-corrected chi connectivity index (χ3v) is 6.73. The van der Waals surface area contributed by atoms with E-state index in [9.17, 15) is 18.0 Å². The third-order valence-electron chi connectivity index (χ3n) is 4.43. The molecule has 11 heteroatoms. The van der Waals surface area contributed by atoms with Crippen LogP contribution in [0.3, 0.4) is 0 Å². The van der Waals surface area contributed by atoms with E-state index in [1.807, 2.05) is 0 Å². The fourth-order valence-electron chi connectivity index (χ4n) is 2.50. The standard InChI is InChI=1S/C20H21Cl2N3O5S/c1-25(2)19(26)11-30-14-7-5-12(6-8-14)23-20(27)15-9-18(17(22)10-16(15)21)31(28,29)24-13-3-4-13/h5-10,13,24H,3-4,11H2,1-2H3,(H,23,27). The number of nitrogens with zero attached hydrogens (tertiary/aromatic N) is 1. The number of rotatable bonds is 8. The van der Waals surface area contributed by atoms with Gasteiger partial charge in [0.15, 0.2) is 6.61 Å². The van der Waals surface area contributed by atoms with Gasteiger partial charge in [-0.1, -0.05) is 23.2 Å². The second-order valence-electron chi connectivity index (χ2n) is 7.21. The van der Waals surface area contributed by atoms with E-state index in [0.29, 0.717) is 11.4 Å². The summed E-state index contributed by atoms with van der Waals surface area (Å²) in [7, 11) is -0.607. The number of nitrogens with one attached hydrogen (secondary N) is 2. The quantitative estimate of drug-likeness (QED) is 0.597. The van der Waals surface area contributed by atoms with E-state index >= 15 is 0 Å². The molecule has 0 aliphatic heterocycles. The Hall–Kier alpha value is -2.33. The molecule has 1 saturated carbocycles. The van der Waals surface area contributed by atoms with Gasteiger partial charge in [0.25, 0.3) is 11.8 Å². The molecule has 0 aromatic heterocycles. The molecule has 1 aliphatic rings. The zero-order valence-electron chi connectivity index (χ0n) is 16.8. The number of benzene rings is 2. The lowest BCUT2D eigenvalue weighted by Gasteiger charge is -2.13. The molecule has 3 rings (SSSR count). The molecular formula is C20H21Cl2N3O5S. The molecule has 31 heavy (non-hydrogen) atoms. The summed E-state index contributed by atoms with van der Waals surface area (Å²) in [5.74, 6) is -0.324. The molecule has 2 amide bonds. The number of carbonyl (C=O) groups excluding carboxylic acids is 2. The Labute approximate surface area is 190 Å². The van der Waals surface area contributed by atoms with Crippen molar-refractivity contribution in [3.05, 3.63) is 52.0 Å². The van der Waals surface area contributed by atoms with Crippen LogP contribution in [0.2, 0.25) is 10.0 Å². The molecule has 0 bridgehead atoms. The Morgan fingerprint density at radius 3 is 2.32 bits per heavy atom. The zero-order valence-corrected chi connectivity index (χ0v) is 19.1. The number of sulfonamides is 1. The Bertz CT molecular complexity index is 1100. The monoisotopic (exact) mass is 485 g/mol. The van der Waals surface area contributed by atoms with Crippen molar-refractivity contribution in [1.29, 1.82) is 0 Å². The van der Waals surface area contributed by atoms with Gasteiger partial charge in [-0.05, 0) is 49.2 Å². The average Bonchev–Trinajstić information content (AvgIpc) is 3.50. The van der Waals surface area contributed by atoms with Gasteiger partial charge in [0.1, 0.15) is 10.6 Å². The van der Waals surface area contributed by atoms with E-state index in [-0.39, 0.29) is 39.1 Å². The van der Waals surface area contributed by atoms with Crippen molar-refractivity contribution in [1.82, 2.24) is 9.62 Å². The molecule has 0 radical (unpaired) electrons. The SMILES string of the molecule is CN(C)C(=O)COc1ccc(NC(=O)c2cc(S(=O)(=O)NC3CC3)c(Cl)cc2Cl)cc1. The highest BCUT2D eigenvalue weighted by atomic mass is 35.5. The number of ether oxygens (including phenoxy) is 1. The number of anilines is 1. The Balaban J connectivity index is 1.72. The third kappa shape index (κ3) is 6.10. The van der Waals surface area contributed by atoms with E-state index in [2.05, 4.69) is 10.0 Å². The highest BCUT2D eigenvalue weighted by molar-refractivity contribution is 7.89. The van der Waals surface area contributed by atoms with Crippen molar-refractivity contribution < 1.29 is 22.7 Å². The van der Waals surface area contributed by atoms with Gasteiger partial charge in [-0.15, -0.1) is 0 Å². The van der Waals surface area contributed by atoms with Crippen LogP contribution < -0.4 is 14.8 Å². The van der Waals surface area contributed by atoms with Crippen molar-refractivity contribution in [2.75, 3.05) is 26.0 Å². The molecule has 0 unspecified atom stereocenters. The van der Waals surface area contributed by atoms with Crippen molar-refractivity contribution >= 4 is 50.7 Å². The number of hydrogen-bond donors (Lipinski definition) is 2. The minimum atomic E-state index is -3.87. The summed E-state index contributed by atoms with van der Waals surface area (Å²) < 4.78 is 33.0. The second kappa shape index (κ2) is 9.44. The van der Waals surface area contributed by atoms with E-state index in [1.165, 1.54) is 11.0 Å². The van der Waals surface area contributed by atoms with Crippen LogP contribution in [0.4, 0.5) is 5.69 Å². The first kappa shape index (κ1) is 23.3. The van der Waals surface area contributed by atoms with Crippen molar-refractivity contribution in [2.24, 2.45) is 0 Å². The minimum absolute atomic E-state index is 0.0232. The Morgan fingerprint density at radius 1 is 1.10 bits per heavy atom. The molecule has 2 aromatic rings.